The second-order valence-electron chi connectivity index (χ2n) is 4.61. The number of anilines is 1. The smallest absolute Gasteiger partial charge is 0.0740 e. The average molecular weight is 337 g/mol. The first-order valence-electron chi connectivity index (χ1n) is 5.79. The van der Waals surface area contributed by atoms with Gasteiger partial charge in [-0.1, -0.05) is 58.5 Å². The van der Waals surface area contributed by atoms with Crippen LogP contribution in [-0.2, 0) is 0 Å². The van der Waals surface area contributed by atoms with Gasteiger partial charge in [0.1, 0.15) is 0 Å². The molecular formula is C14H13Cl4N. The number of nitrogens with zero attached hydrogens (tertiary/aromatic N) is 1. The lowest BCUT2D eigenvalue weighted by atomic mass is 9.92. The van der Waals surface area contributed by atoms with Crippen LogP contribution in [0.2, 0.25) is 5.02 Å². The highest BCUT2D eigenvalue weighted by Crippen LogP contribution is 2.43. The Morgan fingerprint density at radius 2 is 1.79 bits per heavy atom. The van der Waals surface area contributed by atoms with Gasteiger partial charge in [0, 0.05) is 25.0 Å². The molecule has 0 N–H and O–H groups in total. The first-order chi connectivity index (χ1) is 8.91. The van der Waals surface area contributed by atoms with Gasteiger partial charge in [0.15, 0.2) is 0 Å². The van der Waals surface area contributed by atoms with Gasteiger partial charge in [-0.3, -0.25) is 0 Å². The molecule has 2 rings (SSSR count). The van der Waals surface area contributed by atoms with E-state index in [0.29, 0.717) is 20.1 Å². The van der Waals surface area contributed by atoms with Crippen molar-refractivity contribution < 1.29 is 0 Å². The second kappa shape index (κ2) is 5.97. The van der Waals surface area contributed by atoms with Crippen molar-refractivity contribution in [3.05, 3.63) is 50.0 Å². The summed E-state index contributed by atoms with van der Waals surface area (Å²) in [5, 5.41) is 2.21. The Bertz CT molecular complexity index is 561. The third-order valence-electron chi connectivity index (χ3n) is 3.11. The first kappa shape index (κ1) is 15.1. The molecule has 0 saturated heterocycles. The van der Waals surface area contributed by atoms with Crippen LogP contribution in [0.1, 0.15) is 17.9 Å². The maximum Gasteiger partial charge on any atom is 0.0740 e. The Balaban J connectivity index is 2.37. The number of halogens is 4. The van der Waals surface area contributed by atoms with Crippen molar-refractivity contribution in [3.63, 3.8) is 0 Å². The van der Waals surface area contributed by atoms with Crippen LogP contribution in [0.5, 0.6) is 0 Å². The van der Waals surface area contributed by atoms with Crippen molar-refractivity contribution in [2.45, 2.75) is 12.3 Å². The molecule has 102 valence electrons. The van der Waals surface area contributed by atoms with Gasteiger partial charge < -0.3 is 4.90 Å². The quantitative estimate of drug-likeness (QED) is 0.669. The number of rotatable bonds is 2. The highest BCUT2D eigenvalue weighted by molar-refractivity contribution is 6.48. The minimum Gasteiger partial charge on any atom is -0.376 e. The zero-order valence-electron chi connectivity index (χ0n) is 10.6. The van der Waals surface area contributed by atoms with E-state index in [-0.39, 0.29) is 5.92 Å². The minimum atomic E-state index is 0.0189. The third kappa shape index (κ3) is 3.05. The molecule has 0 radical (unpaired) electrons. The Morgan fingerprint density at radius 3 is 2.37 bits per heavy atom. The average Bonchev–Trinajstić information content (AvgIpc) is 2.35. The van der Waals surface area contributed by atoms with Crippen LogP contribution in [0.15, 0.2) is 39.4 Å². The molecule has 0 heterocycles. The zero-order valence-corrected chi connectivity index (χ0v) is 13.6. The second-order valence-corrected chi connectivity index (χ2v) is 6.21. The van der Waals surface area contributed by atoms with Crippen molar-refractivity contribution >= 4 is 52.1 Å². The Kier molecular flexibility index (Phi) is 4.73. The van der Waals surface area contributed by atoms with E-state index in [9.17, 15) is 0 Å². The number of benzene rings is 1. The lowest BCUT2D eigenvalue weighted by Gasteiger charge is -2.22. The molecule has 1 aromatic carbocycles. The lowest BCUT2D eigenvalue weighted by Crippen LogP contribution is -2.10. The summed E-state index contributed by atoms with van der Waals surface area (Å²) in [5.41, 5.74) is 2.01. The molecule has 0 fully saturated rings. The van der Waals surface area contributed by atoms with Crippen LogP contribution in [0.25, 0.3) is 0 Å². The molecular weight excluding hydrogens is 324 g/mol. The maximum atomic E-state index is 6.29. The fraction of sp³-hybridized carbons (Fsp3) is 0.286. The summed E-state index contributed by atoms with van der Waals surface area (Å²) in [6.45, 7) is 0. The topological polar surface area (TPSA) is 3.24 Å². The number of hydrogen-bond donors (Lipinski definition) is 0. The summed E-state index contributed by atoms with van der Waals surface area (Å²) in [6.07, 6.45) is 2.61. The predicted octanol–water partition coefficient (Wildman–Crippen LogP) is 5.71. The molecule has 0 amide bonds. The molecule has 5 heteroatoms. The summed E-state index contributed by atoms with van der Waals surface area (Å²) in [4.78, 5) is 1.97. The molecule has 1 unspecified atom stereocenters. The van der Waals surface area contributed by atoms with Crippen LogP contribution in [0, 0.1) is 0 Å². The van der Waals surface area contributed by atoms with E-state index in [2.05, 4.69) is 0 Å². The minimum absolute atomic E-state index is 0.0189. The Labute approximate surface area is 133 Å². The fourth-order valence-electron chi connectivity index (χ4n) is 2.07. The van der Waals surface area contributed by atoms with Crippen molar-refractivity contribution in [3.8, 4) is 0 Å². The highest BCUT2D eigenvalue weighted by atomic mass is 35.5. The fourth-order valence-corrected chi connectivity index (χ4v) is 3.19. The van der Waals surface area contributed by atoms with Crippen molar-refractivity contribution in [2.24, 2.45) is 0 Å². The molecule has 0 bridgehead atoms. The van der Waals surface area contributed by atoms with Gasteiger partial charge in [-0.2, -0.15) is 0 Å². The van der Waals surface area contributed by atoms with Gasteiger partial charge in [-0.25, -0.2) is 0 Å². The van der Waals surface area contributed by atoms with Crippen molar-refractivity contribution in [1.29, 1.82) is 0 Å². The highest BCUT2D eigenvalue weighted by Gasteiger charge is 2.23. The van der Waals surface area contributed by atoms with E-state index in [0.717, 1.165) is 17.7 Å². The summed E-state index contributed by atoms with van der Waals surface area (Å²) < 4.78 is 0. The molecule has 0 spiro atoms. The van der Waals surface area contributed by atoms with Crippen molar-refractivity contribution in [1.82, 2.24) is 0 Å². The van der Waals surface area contributed by atoms with E-state index < -0.39 is 0 Å². The number of hydrogen-bond acceptors (Lipinski definition) is 1. The normalized spacial score (nSPS) is 19.5. The molecule has 0 aliphatic heterocycles. The van der Waals surface area contributed by atoms with Crippen LogP contribution in [0.4, 0.5) is 5.69 Å². The van der Waals surface area contributed by atoms with Gasteiger partial charge in [-0.15, -0.1) is 0 Å². The molecule has 1 nitrogen and oxygen atoms in total. The summed E-state index contributed by atoms with van der Waals surface area (Å²) in [7, 11) is 3.90. The summed E-state index contributed by atoms with van der Waals surface area (Å²) in [5.74, 6) is 0.0189. The molecule has 0 saturated carbocycles. The largest absolute Gasteiger partial charge is 0.376 e. The molecule has 1 atom stereocenters. The van der Waals surface area contributed by atoms with E-state index in [1.807, 2.05) is 43.3 Å². The maximum absolute atomic E-state index is 6.29. The Hall–Kier alpha value is -0.340. The zero-order chi connectivity index (χ0) is 14.2. The molecule has 1 aliphatic rings. The summed E-state index contributed by atoms with van der Waals surface area (Å²) >= 11 is 24.6. The molecule has 0 aromatic heterocycles. The van der Waals surface area contributed by atoms with E-state index in [4.69, 9.17) is 46.4 Å². The molecule has 1 aromatic rings. The first-order valence-corrected chi connectivity index (χ1v) is 7.31. The summed E-state index contributed by atoms with van der Waals surface area (Å²) in [6, 6.07) is 5.93. The lowest BCUT2D eigenvalue weighted by molar-refractivity contribution is 0.832. The van der Waals surface area contributed by atoms with Crippen LogP contribution in [-0.4, -0.2) is 14.1 Å². The van der Waals surface area contributed by atoms with Gasteiger partial charge in [0.25, 0.3) is 0 Å². The molecule has 1 aliphatic carbocycles. The standard InChI is InChI=1S/C14H13Cl4N/c1-19(2)12-6-3-8(7-11(12)16)9-4-5-10(15)14(18)13(9)17/h3,5-7,9H,4H2,1-2H3. The van der Waals surface area contributed by atoms with E-state index in [1.54, 1.807) is 0 Å². The van der Waals surface area contributed by atoms with Crippen LogP contribution in [0.3, 0.4) is 0 Å². The van der Waals surface area contributed by atoms with Gasteiger partial charge >= 0.3 is 0 Å². The van der Waals surface area contributed by atoms with E-state index >= 15 is 0 Å². The number of allylic oxidation sites excluding steroid dienone is 4. The Morgan fingerprint density at radius 1 is 1.11 bits per heavy atom. The van der Waals surface area contributed by atoms with Gasteiger partial charge in [0.2, 0.25) is 0 Å². The molecule has 19 heavy (non-hydrogen) atoms. The third-order valence-corrected chi connectivity index (χ3v) is 4.81. The van der Waals surface area contributed by atoms with Crippen molar-refractivity contribution in [2.75, 3.05) is 19.0 Å². The predicted molar refractivity (Wildman–Crippen MR) is 85.8 cm³/mol. The van der Waals surface area contributed by atoms with Crippen LogP contribution >= 0.6 is 46.4 Å². The van der Waals surface area contributed by atoms with Gasteiger partial charge in [0.05, 0.1) is 20.8 Å². The van der Waals surface area contributed by atoms with Gasteiger partial charge in [-0.05, 0) is 24.1 Å². The monoisotopic (exact) mass is 335 g/mol. The van der Waals surface area contributed by atoms with E-state index in [1.165, 1.54) is 0 Å². The van der Waals surface area contributed by atoms with Crippen LogP contribution < -0.4 is 4.90 Å². The SMILES string of the molecule is CN(C)c1ccc(C2CC=C(Cl)C(Cl)=C2Cl)cc1Cl.